The van der Waals surface area contributed by atoms with Gasteiger partial charge in [-0.15, -0.1) is 0 Å². The van der Waals surface area contributed by atoms with Crippen molar-refractivity contribution in [3.05, 3.63) is 86.0 Å². The van der Waals surface area contributed by atoms with Gasteiger partial charge < -0.3 is 20.6 Å². The van der Waals surface area contributed by atoms with Gasteiger partial charge in [0, 0.05) is 29.6 Å². The first-order valence-corrected chi connectivity index (χ1v) is 11.5. The monoisotopic (exact) mass is 533 g/mol. The van der Waals surface area contributed by atoms with E-state index in [-0.39, 0.29) is 28.8 Å². The number of aromatic nitrogens is 2. The van der Waals surface area contributed by atoms with Gasteiger partial charge in [0.15, 0.2) is 5.82 Å². The van der Waals surface area contributed by atoms with Crippen LogP contribution in [0.2, 0.25) is 5.02 Å². The molecule has 0 aliphatic rings. The van der Waals surface area contributed by atoms with Gasteiger partial charge in [-0.2, -0.15) is 0 Å². The summed E-state index contributed by atoms with van der Waals surface area (Å²) in [7, 11) is 0. The van der Waals surface area contributed by atoms with E-state index in [1.165, 1.54) is 36.8 Å². The molecule has 2 heterocycles. The van der Waals surface area contributed by atoms with Gasteiger partial charge in [-0.05, 0) is 54.3 Å². The Morgan fingerprint density at radius 2 is 2.00 bits per heavy atom. The average molecular weight is 534 g/mol. The van der Waals surface area contributed by atoms with Crippen LogP contribution in [0.25, 0.3) is 5.70 Å². The molecule has 0 amide bonds. The van der Waals surface area contributed by atoms with Crippen LogP contribution in [-0.4, -0.2) is 32.7 Å². The maximum Gasteiger partial charge on any atom is 0.277 e. The molecule has 2 aromatic rings. The molecule has 0 spiro atoms. The molecular formula is C26H30ClF2N5O3. The molecule has 0 aromatic carbocycles. The van der Waals surface area contributed by atoms with E-state index in [0.29, 0.717) is 28.9 Å². The Labute approximate surface area is 219 Å². The number of rotatable bonds is 10. The van der Waals surface area contributed by atoms with Crippen molar-refractivity contribution in [1.82, 2.24) is 14.9 Å². The summed E-state index contributed by atoms with van der Waals surface area (Å²) in [5.74, 6) is -1.35. The molecule has 0 atom stereocenters. The predicted molar refractivity (Wildman–Crippen MR) is 142 cm³/mol. The average Bonchev–Trinajstić information content (AvgIpc) is 2.80. The van der Waals surface area contributed by atoms with E-state index >= 15 is 0 Å². The number of pyridine rings is 2. The molecular weight excluding hydrogens is 504 g/mol. The summed E-state index contributed by atoms with van der Waals surface area (Å²) >= 11 is 6.35. The van der Waals surface area contributed by atoms with Crippen molar-refractivity contribution in [2.75, 3.05) is 0 Å². The van der Waals surface area contributed by atoms with Crippen LogP contribution < -0.4 is 15.6 Å². The highest BCUT2D eigenvalue weighted by Gasteiger charge is 2.20. The minimum absolute atomic E-state index is 0.0198. The quantitative estimate of drug-likeness (QED) is 0.289. The van der Waals surface area contributed by atoms with E-state index in [4.69, 9.17) is 21.7 Å². The van der Waals surface area contributed by atoms with Crippen molar-refractivity contribution in [3.63, 3.8) is 0 Å². The van der Waals surface area contributed by atoms with Gasteiger partial charge in [-0.1, -0.05) is 17.2 Å². The first-order chi connectivity index (χ1) is 17.2. The standard InChI is InChI=1S/C26H30ClF2N5O3/c1-14(2)23(16(4)24(31-7)32-9-8-21(30)26(5,6)36)34-15(3)10-20(22(27)25(34)35)37-13-19-18(29)11-17(28)12-33-19/h8-12,30,32,36H,7,13H2,1-6H3/b9-8-,24-16+,30-21?. The molecule has 0 bridgehead atoms. The summed E-state index contributed by atoms with van der Waals surface area (Å²) in [4.78, 5) is 21.0. The number of hydrogen-bond donors (Lipinski definition) is 3. The number of hydrogen-bond acceptors (Lipinski definition) is 7. The minimum atomic E-state index is -1.31. The molecule has 0 aliphatic heterocycles. The Kier molecular flexibility index (Phi) is 9.66. The summed E-state index contributed by atoms with van der Waals surface area (Å²) in [6, 6.07) is 2.22. The number of allylic oxidation sites excluding steroid dienone is 3. The third-order valence-corrected chi connectivity index (χ3v) is 5.59. The van der Waals surface area contributed by atoms with Crippen molar-refractivity contribution in [1.29, 1.82) is 5.41 Å². The summed E-state index contributed by atoms with van der Waals surface area (Å²) in [6.45, 7) is 13.3. The van der Waals surface area contributed by atoms with Gasteiger partial charge in [0.05, 0.1) is 17.6 Å². The predicted octanol–water partition coefficient (Wildman–Crippen LogP) is 5.14. The van der Waals surface area contributed by atoms with Crippen molar-refractivity contribution in [3.8, 4) is 5.75 Å². The van der Waals surface area contributed by atoms with E-state index in [0.717, 1.165) is 11.8 Å². The second-order valence-corrected chi connectivity index (χ2v) is 9.28. The topological polar surface area (TPSA) is 113 Å². The summed E-state index contributed by atoms with van der Waals surface area (Å²) in [6.07, 6.45) is 3.70. The lowest BCUT2D eigenvalue weighted by Gasteiger charge is -2.20. The number of nitrogens with zero attached hydrogens (tertiary/aromatic N) is 3. The van der Waals surface area contributed by atoms with Crippen LogP contribution in [0.5, 0.6) is 5.75 Å². The van der Waals surface area contributed by atoms with Crippen LogP contribution in [0.15, 0.2) is 57.4 Å². The van der Waals surface area contributed by atoms with Crippen molar-refractivity contribution >= 4 is 29.7 Å². The molecule has 11 heteroatoms. The van der Waals surface area contributed by atoms with Gasteiger partial charge in [-0.3, -0.25) is 14.3 Å². The first-order valence-electron chi connectivity index (χ1n) is 11.1. The zero-order chi connectivity index (χ0) is 28.1. The number of nitrogens with one attached hydrogen (secondary N) is 2. The largest absolute Gasteiger partial charge is 0.485 e. The second kappa shape index (κ2) is 12.1. The van der Waals surface area contributed by atoms with Crippen LogP contribution in [-0.2, 0) is 6.61 Å². The highest BCUT2D eigenvalue weighted by atomic mass is 35.5. The zero-order valence-corrected chi connectivity index (χ0v) is 22.3. The lowest BCUT2D eigenvalue weighted by molar-refractivity contribution is 0.154. The third kappa shape index (κ3) is 7.21. The molecule has 0 radical (unpaired) electrons. The Hall–Kier alpha value is -3.63. The smallest absolute Gasteiger partial charge is 0.277 e. The number of aliphatic hydroxyl groups is 1. The number of aryl methyl sites for hydroxylation is 1. The molecule has 0 fully saturated rings. The Bertz CT molecular complexity index is 1370. The highest BCUT2D eigenvalue weighted by Crippen LogP contribution is 2.28. The molecule has 0 saturated heterocycles. The highest BCUT2D eigenvalue weighted by molar-refractivity contribution is 6.31. The van der Waals surface area contributed by atoms with Crippen molar-refractivity contribution < 1.29 is 18.6 Å². The van der Waals surface area contributed by atoms with E-state index in [1.807, 2.05) is 13.8 Å². The van der Waals surface area contributed by atoms with Gasteiger partial charge in [0.2, 0.25) is 0 Å². The van der Waals surface area contributed by atoms with E-state index in [9.17, 15) is 18.7 Å². The van der Waals surface area contributed by atoms with E-state index in [1.54, 1.807) is 13.8 Å². The Balaban J connectivity index is 2.47. The second-order valence-electron chi connectivity index (χ2n) is 8.91. The van der Waals surface area contributed by atoms with Gasteiger partial charge >= 0.3 is 0 Å². The number of halogens is 3. The molecule has 198 valence electrons. The SMILES string of the molecule is C=N/C(N/C=C\C(=N)C(C)(C)O)=C(/C)C(=C(C)C)n1c(C)cc(OCc2ncc(F)cc2F)c(Cl)c1=O. The van der Waals surface area contributed by atoms with Crippen LogP contribution >= 0.6 is 11.6 Å². The summed E-state index contributed by atoms with van der Waals surface area (Å²) in [5.41, 5.74) is 0.243. The van der Waals surface area contributed by atoms with E-state index in [2.05, 4.69) is 22.0 Å². The maximum absolute atomic E-state index is 13.9. The summed E-state index contributed by atoms with van der Waals surface area (Å²) in [5, 5.41) is 20.5. The molecule has 37 heavy (non-hydrogen) atoms. The van der Waals surface area contributed by atoms with Gasteiger partial charge in [0.25, 0.3) is 5.56 Å². The fourth-order valence-electron chi connectivity index (χ4n) is 3.32. The van der Waals surface area contributed by atoms with Crippen LogP contribution in [0, 0.1) is 24.0 Å². The summed E-state index contributed by atoms with van der Waals surface area (Å²) < 4.78 is 34.0. The lowest BCUT2D eigenvalue weighted by atomic mass is 10.0. The molecule has 0 aliphatic carbocycles. The molecule has 0 unspecified atom stereocenters. The van der Waals surface area contributed by atoms with E-state index < -0.39 is 22.8 Å². The fourth-order valence-corrected chi connectivity index (χ4v) is 3.51. The lowest BCUT2D eigenvalue weighted by Crippen LogP contribution is -2.29. The normalized spacial score (nSPS) is 12.3. The number of ether oxygens (including phenoxy) is 1. The molecule has 2 rings (SSSR count). The van der Waals surface area contributed by atoms with Gasteiger partial charge in [0.1, 0.15) is 40.3 Å². The minimum Gasteiger partial charge on any atom is -0.485 e. The number of aliphatic imine (C=N–C) groups is 1. The van der Waals surface area contributed by atoms with Crippen LogP contribution in [0.3, 0.4) is 0 Å². The Morgan fingerprint density at radius 1 is 1.35 bits per heavy atom. The molecule has 3 N–H and O–H groups in total. The zero-order valence-electron chi connectivity index (χ0n) is 21.5. The maximum atomic E-state index is 13.9. The van der Waals surface area contributed by atoms with Crippen LogP contribution in [0.1, 0.15) is 46.0 Å². The molecule has 8 nitrogen and oxygen atoms in total. The third-order valence-electron chi connectivity index (χ3n) is 5.24. The fraction of sp³-hybridized carbons (Fsp3) is 0.308. The molecule has 0 saturated carbocycles. The Morgan fingerprint density at radius 3 is 2.54 bits per heavy atom. The van der Waals surface area contributed by atoms with Gasteiger partial charge in [-0.25, -0.2) is 13.8 Å². The van der Waals surface area contributed by atoms with Crippen LogP contribution in [0.4, 0.5) is 8.78 Å². The molecule has 2 aromatic heterocycles. The van der Waals surface area contributed by atoms with Crippen molar-refractivity contribution in [2.24, 2.45) is 4.99 Å². The van der Waals surface area contributed by atoms with Crippen molar-refractivity contribution in [2.45, 2.75) is 53.8 Å². The first kappa shape index (κ1) is 29.6.